The van der Waals surface area contributed by atoms with Crippen molar-refractivity contribution in [3.8, 4) is 5.75 Å². The highest BCUT2D eigenvalue weighted by molar-refractivity contribution is 5.95. The van der Waals surface area contributed by atoms with Crippen molar-refractivity contribution in [2.75, 3.05) is 13.2 Å². The lowest BCUT2D eigenvalue weighted by atomic mass is 10.1. The molecule has 0 unspecified atom stereocenters. The molecule has 0 saturated carbocycles. The van der Waals surface area contributed by atoms with Gasteiger partial charge in [0.15, 0.2) is 0 Å². The summed E-state index contributed by atoms with van der Waals surface area (Å²) in [6.45, 7) is 8.45. The molecule has 1 amide bonds. The molecular formula is C31H37N3O2. The van der Waals surface area contributed by atoms with Gasteiger partial charge in [-0.1, -0.05) is 48.9 Å². The molecule has 4 rings (SSSR count). The quantitative estimate of drug-likeness (QED) is 0.232. The zero-order valence-corrected chi connectivity index (χ0v) is 21.7. The zero-order valence-electron chi connectivity index (χ0n) is 21.7. The van der Waals surface area contributed by atoms with Crippen LogP contribution in [0, 0.1) is 20.8 Å². The number of nitrogens with zero attached hydrogens (tertiary/aromatic N) is 2. The molecule has 188 valence electrons. The number of unbranched alkanes of at least 4 members (excludes halogenated alkanes) is 2. The average molecular weight is 484 g/mol. The van der Waals surface area contributed by atoms with Gasteiger partial charge in [0.1, 0.15) is 11.6 Å². The lowest BCUT2D eigenvalue weighted by Crippen LogP contribution is -2.25. The topological polar surface area (TPSA) is 56.2 Å². The van der Waals surface area contributed by atoms with Crippen LogP contribution in [0.25, 0.3) is 11.0 Å². The predicted octanol–water partition coefficient (Wildman–Crippen LogP) is 6.57. The molecule has 0 spiro atoms. The summed E-state index contributed by atoms with van der Waals surface area (Å²) in [4.78, 5) is 17.3. The van der Waals surface area contributed by atoms with Crippen LogP contribution in [0.2, 0.25) is 0 Å². The first kappa shape index (κ1) is 25.5. The number of carbonyl (C=O) groups excluding carboxylic acids is 1. The first-order valence-corrected chi connectivity index (χ1v) is 13.0. The number of para-hydroxylation sites is 2. The molecule has 4 aromatic rings. The molecule has 0 aliphatic rings. The highest BCUT2D eigenvalue weighted by Crippen LogP contribution is 2.22. The van der Waals surface area contributed by atoms with E-state index in [1.807, 2.05) is 49.4 Å². The van der Waals surface area contributed by atoms with E-state index in [2.05, 4.69) is 48.0 Å². The number of benzene rings is 3. The Bertz CT molecular complexity index is 1310. The molecule has 0 radical (unpaired) electrons. The van der Waals surface area contributed by atoms with Crippen LogP contribution in [-0.2, 0) is 13.0 Å². The van der Waals surface area contributed by atoms with Crippen LogP contribution in [0.1, 0.15) is 58.6 Å². The van der Waals surface area contributed by atoms with Crippen LogP contribution in [0.15, 0.2) is 66.7 Å². The first-order valence-electron chi connectivity index (χ1n) is 13.0. The van der Waals surface area contributed by atoms with Crippen LogP contribution in [-0.4, -0.2) is 28.6 Å². The number of ether oxygens (including phenoxy) is 1. The lowest BCUT2D eigenvalue weighted by molar-refractivity contribution is 0.0952. The smallest absolute Gasteiger partial charge is 0.251 e. The van der Waals surface area contributed by atoms with Crippen molar-refractivity contribution >= 4 is 16.9 Å². The third kappa shape index (κ3) is 6.34. The van der Waals surface area contributed by atoms with Gasteiger partial charge >= 0.3 is 0 Å². The first-order chi connectivity index (χ1) is 17.5. The third-order valence-corrected chi connectivity index (χ3v) is 6.82. The second kappa shape index (κ2) is 12.4. The number of nitrogens with one attached hydrogen (secondary N) is 1. The maximum absolute atomic E-state index is 12.4. The van der Waals surface area contributed by atoms with E-state index in [1.54, 1.807) is 0 Å². The molecule has 1 aromatic heterocycles. The van der Waals surface area contributed by atoms with E-state index < -0.39 is 0 Å². The van der Waals surface area contributed by atoms with Crippen molar-refractivity contribution in [2.45, 2.75) is 59.4 Å². The maximum Gasteiger partial charge on any atom is 0.251 e. The van der Waals surface area contributed by atoms with Crippen molar-refractivity contribution in [3.63, 3.8) is 0 Å². The molecular weight excluding hydrogens is 446 g/mol. The van der Waals surface area contributed by atoms with Gasteiger partial charge in [-0.05, 0) is 81.0 Å². The van der Waals surface area contributed by atoms with Crippen LogP contribution < -0.4 is 10.1 Å². The van der Waals surface area contributed by atoms with Crippen LogP contribution in [0.5, 0.6) is 5.75 Å². The second-order valence-corrected chi connectivity index (χ2v) is 9.45. The van der Waals surface area contributed by atoms with E-state index >= 15 is 0 Å². The Labute approximate surface area is 214 Å². The Morgan fingerprint density at radius 2 is 1.64 bits per heavy atom. The van der Waals surface area contributed by atoms with Gasteiger partial charge in [0, 0.05) is 25.1 Å². The van der Waals surface area contributed by atoms with E-state index in [0.717, 1.165) is 66.9 Å². The van der Waals surface area contributed by atoms with Gasteiger partial charge < -0.3 is 14.6 Å². The van der Waals surface area contributed by atoms with Gasteiger partial charge in [-0.3, -0.25) is 4.79 Å². The van der Waals surface area contributed by atoms with Gasteiger partial charge in [-0.15, -0.1) is 0 Å². The number of imidazole rings is 1. The monoisotopic (exact) mass is 483 g/mol. The maximum atomic E-state index is 12.4. The van der Waals surface area contributed by atoms with Crippen LogP contribution >= 0.6 is 0 Å². The molecule has 3 aromatic carbocycles. The Morgan fingerprint density at radius 1 is 0.861 bits per heavy atom. The highest BCUT2D eigenvalue weighted by atomic mass is 16.5. The Balaban J connectivity index is 1.26. The molecule has 5 heteroatoms. The van der Waals surface area contributed by atoms with Crippen LogP contribution in [0.4, 0.5) is 0 Å². The van der Waals surface area contributed by atoms with E-state index in [0.29, 0.717) is 13.2 Å². The summed E-state index contributed by atoms with van der Waals surface area (Å²) in [6.07, 6.45) is 4.90. The highest BCUT2D eigenvalue weighted by Gasteiger charge is 2.11. The number of hydrogen-bond acceptors (Lipinski definition) is 3. The molecule has 0 aliphatic heterocycles. The summed E-state index contributed by atoms with van der Waals surface area (Å²) >= 11 is 0. The van der Waals surface area contributed by atoms with Gasteiger partial charge in [0.2, 0.25) is 0 Å². The second-order valence-electron chi connectivity index (χ2n) is 9.45. The van der Waals surface area contributed by atoms with E-state index in [1.165, 1.54) is 16.6 Å². The Kier molecular flexibility index (Phi) is 8.77. The normalized spacial score (nSPS) is 11.1. The summed E-state index contributed by atoms with van der Waals surface area (Å²) < 4.78 is 8.43. The van der Waals surface area contributed by atoms with E-state index in [4.69, 9.17) is 9.72 Å². The van der Waals surface area contributed by atoms with Crippen molar-refractivity contribution in [3.05, 3.63) is 94.8 Å². The fourth-order valence-electron chi connectivity index (χ4n) is 4.56. The molecule has 0 bridgehead atoms. The molecule has 1 N–H and O–H groups in total. The number of carbonyl (C=O) groups is 1. The molecule has 5 nitrogen and oxygen atoms in total. The molecule has 0 fully saturated rings. The average Bonchev–Trinajstić information content (AvgIpc) is 3.23. The predicted molar refractivity (Wildman–Crippen MR) is 147 cm³/mol. The summed E-state index contributed by atoms with van der Waals surface area (Å²) in [6, 6.07) is 22.3. The van der Waals surface area contributed by atoms with Crippen molar-refractivity contribution in [2.24, 2.45) is 0 Å². The number of aryl methyl sites for hydroxylation is 4. The molecule has 0 atom stereocenters. The van der Waals surface area contributed by atoms with E-state index in [-0.39, 0.29) is 5.91 Å². The van der Waals surface area contributed by atoms with E-state index in [9.17, 15) is 4.79 Å². The molecule has 0 saturated heterocycles. The van der Waals surface area contributed by atoms with Crippen LogP contribution in [0.3, 0.4) is 0 Å². The minimum absolute atomic E-state index is 0.0120. The van der Waals surface area contributed by atoms with Crippen molar-refractivity contribution in [1.82, 2.24) is 14.9 Å². The van der Waals surface area contributed by atoms with Gasteiger partial charge in [-0.25, -0.2) is 4.98 Å². The third-order valence-electron chi connectivity index (χ3n) is 6.82. The fraction of sp³-hybridized carbons (Fsp3) is 0.355. The fourth-order valence-corrected chi connectivity index (χ4v) is 4.56. The largest absolute Gasteiger partial charge is 0.493 e. The molecule has 0 aliphatic carbocycles. The van der Waals surface area contributed by atoms with Crippen molar-refractivity contribution < 1.29 is 9.53 Å². The summed E-state index contributed by atoms with van der Waals surface area (Å²) in [5.74, 6) is 2.12. The van der Waals surface area contributed by atoms with Gasteiger partial charge in [0.25, 0.3) is 5.91 Å². The standard InChI is InChI=1S/C31H37N3O2/c1-23-14-11-18-29(25(23)3)36-22-12-21-34-28-17-9-8-16-27(28)33-30(34)19-5-4-10-20-32-31(35)26-15-7-6-13-24(26)2/h6-9,11,13-18H,4-5,10,12,19-22H2,1-3H3,(H,32,35). The number of fused-ring (bicyclic) bond motifs is 1. The lowest BCUT2D eigenvalue weighted by Gasteiger charge is -2.13. The summed E-state index contributed by atoms with van der Waals surface area (Å²) in [7, 11) is 0. The zero-order chi connectivity index (χ0) is 25.3. The summed E-state index contributed by atoms with van der Waals surface area (Å²) in [5, 5.41) is 3.05. The summed E-state index contributed by atoms with van der Waals surface area (Å²) in [5.41, 5.74) is 6.46. The number of aromatic nitrogens is 2. The molecule has 36 heavy (non-hydrogen) atoms. The van der Waals surface area contributed by atoms with Gasteiger partial charge in [0.05, 0.1) is 17.6 Å². The minimum atomic E-state index is 0.0120. The minimum Gasteiger partial charge on any atom is -0.493 e. The Morgan fingerprint density at radius 3 is 2.50 bits per heavy atom. The SMILES string of the molecule is Cc1ccccc1C(=O)NCCCCCc1nc2ccccc2n1CCCOc1cccc(C)c1C. The molecule has 1 heterocycles. The van der Waals surface area contributed by atoms with Crippen molar-refractivity contribution in [1.29, 1.82) is 0 Å². The number of rotatable bonds is 12. The van der Waals surface area contributed by atoms with Gasteiger partial charge in [-0.2, -0.15) is 0 Å². The number of hydrogen-bond donors (Lipinski definition) is 1. The number of amides is 1. The Hall–Kier alpha value is -3.60.